The maximum absolute atomic E-state index is 12.6. The zero-order valence-corrected chi connectivity index (χ0v) is 12.1. The first kappa shape index (κ1) is 16.1. The van der Waals surface area contributed by atoms with Gasteiger partial charge >= 0.3 is 0 Å². The van der Waals surface area contributed by atoms with E-state index in [1.807, 2.05) is 0 Å². The lowest BCUT2D eigenvalue weighted by molar-refractivity contribution is -0.399. The molecule has 11 nitrogen and oxygen atoms in total. The van der Waals surface area contributed by atoms with Crippen LogP contribution in [0.5, 0.6) is 0 Å². The summed E-state index contributed by atoms with van der Waals surface area (Å²) in [6.07, 6.45) is 0. The number of rotatable bonds is 4. The number of hydrogen-bond donors (Lipinski definition) is 2. The second-order valence-corrected chi connectivity index (χ2v) is 6.12. The summed E-state index contributed by atoms with van der Waals surface area (Å²) in [4.78, 5) is 22.0. The third-order valence-corrected chi connectivity index (χ3v) is 4.71. The number of nitrogens with zero attached hydrogens (tertiary/aromatic N) is 3. The number of sulfone groups is 1. The monoisotopic (exact) mass is 339 g/mol. The minimum absolute atomic E-state index is 0.0708. The van der Waals surface area contributed by atoms with Gasteiger partial charge in [-0.25, -0.2) is 13.4 Å². The van der Waals surface area contributed by atoms with E-state index in [-0.39, 0.29) is 5.82 Å². The number of nitro benzene ring substituents is 2. The molecule has 0 aliphatic heterocycles. The average molecular weight is 339 g/mol. The van der Waals surface area contributed by atoms with Gasteiger partial charge < -0.3 is 11.5 Å². The first-order valence-corrected chi connectivity index (χ1v) is 7.33. The Balaban J connectivity index is 2.88. The molecule has 4 N–H and O–H groups in total. The van der Waals surface area contributed by atoms with E-state index in [9.17, 15) is 28.6 Å². The molecule has 0 atom stereocenters. The molecule has 1 aromatic carbocycles. The maximum Gasteiger partial charge on any atom is 0.295 e. The molecule has 0 bridgehead atoms. The van der Waals surface area contributed by atoms with Gasteiger partial charge in [0.25, 0.3) is 11.4 Å². The number of nitrogen functional groups attached to an aromatic ring is 2. The fourth-order valence-corrected chi connectivity index (χ4v) is 3.51. The van der Waals surface area contributed by atoms with Gasteiger partial charge in [-0.3, -0.25) is 20.2 Å². The van der Waals surface area contributed by atoms with Crippen molar-refractivity contribution in [3.63, 3.8) is 0 Å². The Morgan fingerprint density at radius 1 is 0.957 bits per heavy atom. The van der Waals surface area contributed by atoms with E-state index in [0.29, 0.717) is 0 Å². The summed E-state index contributed by atoms with van der Waals surface area (Å²) in [5, 5.41) is 22.1. The summed E-state index contributed by atoms with van der Waals surface area (Å²) >= 11 is 0. The lowest BCUT2D eigenvalue weighted by Gasteiger charge is -2.08. The van der Waals surface area contributed by atoms with E-state index >= 15 is 0 Å². The van der Waals surface area contributed by atoms with Gasteiger partial charge in [-0.2, -0.15) is 0 Å². The van der Waals surface area contributed by atoms with Crippen molar-refractivity contribution in [3.8, 4) is 0 Å². The molecular weight excluding hydrogens is 330 g/mol. The van der Waals surface area contributed by atoms with Gasteiger partial charge in [0.15, 0.2) is 0 Å². The van der Waals surface area contributed by atoms with Gasteiger partial charge in [0.1, 0.15) is 16.5 Å². The minimum atomic E-state index is -4.66. The summed E-state index contributed by atoms with van der Waals surface area (Å²) in [5.74, 6) is -0.587. The van der Waals surface area contributed by atoms with Crippen LogP contribution in [0.2, 0.25) is 0 Å². The van der Waals surface area contributed by atoms with Crippen molar-refractivity contribution in [2.24, 2.45) is 0 Å². The highest BCUT2D eigenvalue weighted by molar-refractivity contribution is 7.92. The summed E-state index contributed by atoms with van der Waals surface area (Å²) in [7, 11) is -4.66. The van der Waals surface area contributed by atoms with E-state index in [0.717, 1.165) is 30.3 Å². The van der Waals surface area contributed by atoms with Crippen molar-refractivity contribution in [2.45, 2.75) is 9.79 Å². The Hall–Kier alpha value is -3.28. The molecule has 0 saturated carbocycles. The Kier molecular flexibility index (Phi) is 3.84. The highest BCUT2D eigenvalue weighted by atomic mass is 32.2. The molecule has 0 unspecified atom stereocenters. The Morgan fingerprint density at radius 3 is 1.91 bits per heavy atom. The minimum Gasteiger partial charge on any atom is -0.384 e. The fourth-order valence-electron chi connectivity index (χ4n) is 1.89. The van der Waals surface area contributed by atoms with Crippen LogP contribution in [0.15, 0.2) is 40.1 Å². The molecule has 2 aromatic rings. The van der Waals surface area contributed by atoms with E-state index in [1.54, 1.807) is 0 Å². The topological polar surface area (TPSA) is 185 Å². The van der Waals surface area contributed by atoms with Crippen LogP contribution in [0.25, 0.3) is 0 Å². The molecule has 120 valence electrons. The standard InChI is InChI=1S/C11H9N5O6S/c12-9-5-4-8(11(13)14-9)23(21,22)10-6(15(17)18)2-1-3-7(10)16(19)20/h1-5H,(H4,12,13,14). The predicted molar refractivity (Wildman–Crippen MR) is 78.3 cm³/mol. The summed E-state index contributed by atoms with van der Waals surface area (Å²) in [6, 6.07) is 4.80. The van der Waals surface area contributed by atoms with Crippen molar-refractivity contribution in [1.82, 2.24) is 4.98 Å². The highest BCUT2D eigenvalue weighted by Crippen LogP contribution is 2.37. The molecule has 0 spiro atoms. The fraction of sp³-hybridized carbons (Fsp3) is 0. The smallest absolute Gasteiger partial charge is 0.295 e. The SMILES string of the molecule is Nc1ccc(S(=O)(=O)c2c([N+](=O)[O-])cccc2[N+](=O)[O-])c(N)n1. The molecule has 0 radical (unpaired) electrons. The molecule has 0 saturated heterocycles. The van der Waals surface area contributed by atoms with Crippen LogP contribution >= 0.6 is 0 Å². The average Bonchev–Trinajstić information content (AvgIpc) is 2.45. The second-order valence-electron chi connectivity index (χ2n) is 4.26. The van der Waals surface area contributed by atoms with Crippen molar-refractivity contribution in [2.75, 3.05) is 11.5 Å². The van der Waals surface area contributed by atoms with Gasteiger partial charge in [-0.1, -0.05) is 0 Å². The first-order valence-electron chi connectivity index (χ1n) is 5.85. The van der Waals surface area contributed by atoms with E-state index in [2.05, 4.69) is 4.98 Å². The Bertz CT molecular complexity index is 894. The summed E-state index contributed by atoms with van der Waals surface area (Å²) in [6.45, 7) is 0. The number of nitrogens with two attached hydrogens (primary N) is 2. The molecule has 0 aliphatic carbocycles. The molecule has 1 heterocycles. The van der Waals surface area contributed by atoms with E-state index in [1.165, 1.54) is 0 Å². The second kappa shape index (κ2) is 5.49. The van der Waals surface area contributed by atoms with Crippen molar-refractivity contribution in [3.05, 3.63) is 50.6 Å². The quantitative estimate of drug-likeness (QED) is 0.602. The Labute approximate surface area is 128 Å². The number of nitro groups is 2. The molecule has 1 aromatic heterocycles. The third-order valence-electron chi connectivity index (χ3n) is 2.83. The first-order chi connectivity index (χ1) is 10.7. The third kappa shape index (κ3) is 2.74. The van der Waals surface area contributed by atoms with Crippen LogP contribution in [-0.4, -0.2) is 23.2 Å². The Morgan fingerprint density at radius 2 is 1.48 bits per heavy atom. The molecular formula is C11H9N5O6S. The van der Waals surface area contributed by atoms with Crippen LogP contribution in [0.1, 0.15) is 0 Å². The molecule has 0 fully saturated rings. The molecule has 2 rings (SSSR count). The van der Waals surface area contributed by atoms with Crippen LogP contribution in [0.4, 0.5) is 23.0 Å². The van der Waals surface area contributed by atoms with Gasteiger partial charge in [-0.15, -0.1) is 0 Å². The lowest BCUT2D eigenvalue weighted by atomic mass is 10.3. The number of hydrogen-bond acceptors (Lipinski definition) is 9. The van der Waals surface area contributed by atoms with Crippen LogP contribution in [0.3, 0.4) is 0 Å². The number of aromatic nitrogens is 1. The highest BCUT2D eigenvalue weighted by Gasteiger charge is 2.37. The largest absolute Gasteiger partial charge is 0.384 e. The lowest BCUT2D eigenvalue weighted by Crippen LogP contribution is -2.12. The van der Waals surface area contributed by atoms with Gasteiger partial charge in [0, 0.05) is 12.1 Å². The van der Waals surface area contributed by atoms with Crippen molar-refractivity contribution < 1.29 is 18.3 Å². The normalized spacial score (nSPS) is 11.1. The number of benzene rings is 1. The van der Waals surface area contributed by atoms with Crippen molar-refractivity contribution >= 4 is 32.8 Å². The van der Waals surface area contributed by atoms with Crippen LogP contribution in [-0.2, 0) is 9.84 Å². The maximum atomic E-state index is 12.6. The van der Waals surface area contributed by atoms with Crippen molar-refractivity contribution in [1.29, 1.82) is 0 Å². The summed E-state index contributed by atoms with van der Waals surface area (Å²) < 4.78 is 25.3. The van der Waals surface area contributed by atoms with Gasteiger partial charge in [-0.05, 0) is 18.2 Å². The summed E-state index contributed by atoms with van der Waals surface area (Å²) in [5.41, 5.74) is 8.98. The zero-order valence-electron chi connectivity index (χ0n) is 11.2. The van der Waals surface area contributed by atoms with E-state index < -0.39 is 46.7 Å². The van der Waals surface area contributed by atoms with Crippen LogP contribution < -0.4 is 11.5 Å². The number of anilines is 2. The molecule has 0 amide bonds. The van der Waals surface area contributed by atoms with Gasteiger partial charge in [0.2, 0.25) is 14.7 Å². The number of pyridine rings is 1. The molecule has 0 aliphatic rings. The van der Waals surface area contributed by atoms with Crippen LogP contribution in [0, 0.1) is 20.2 Å². The predicted octanol–water partition coefficient (Wildman–Crippen LogP) is 0.895. The van der Waals surface area contributed by atoms with E-state index in [4.69, 9.17) is 11.5 Å². The van der Waals surface area contributed by atoms with Gasteiger partial charge in [0.05, 0.1) is 9.85 Å². The zero-order chi connectivity index (χ0) is 17.4. The molecule has 12 heteroatoms. The molecule has 23 heavy (non-hydrogen) atoms.